The molecule has 0 bridgehead atoms. The summed E-state index contributed by atoms with van der Waals surface area (Å²) in [5, 5.41) is 32.6. The Morgan fingerprint density at radius 2 is 0.840 bits per heavy atom. The molecule has 0 aliphatic heterocycles. The molecule has 2 aromatic rings. The first-order chi connectivity index (χ1) is 11.7. The Kier molecular flexibility index (Phi) is 28.3. The summed E-state index contributed by atoms with van der Waals surface area (Å²) in [6, 6.07) is 19.0. The van der Waals surface area contributed by atoms with E-state index in [-0.39, 0.29) is 52.6 Å². The molecule has 0 saturated carbocycles. The summed E-state index contributed by atoms with van der Waals surface area (Å²) in [5.74, 6) is 0. The number of aliphatic hydroxyl groups is 4. The summed E-state index contributed by atoms with van der Waals surface area (Å²) in [4.78, 5) is 0. The first-order valence-electron chi connectivity index (χ1n) is 7.43. The van der Waals surface area contributed by atoms with Crippen molar-refractivity contribution in [2.24, 2.45) is 0 Å². The molecule has 4 nitrogen and oxygen atoms in total. The van der Waals surface area contributed by atoms with Crippen LogP contribution in [-0.2, 0) is 39.4 Å². The molecule has 0 amide bonds. The van der Waals surface area contributed by atoms with Gasteiger partial charge in [0.2, 0.25) is 0 Å². The van der Waals surface area contributed by atoms with Gasteiger partial charge in [0.25, 0.3) is 0 Å². The van der Waals surface area contributed by atoms with Crippen molar-refractivity contribution >= 4 is 0 Å². The molecule has 0 aromatic heterocycles. The van der Waals surface area contributed by atoms with Gasteiger partial charge in [-0.15, -0.1) is 13.2 Å². The Labute approximate surface area is 169 Å². The summed E-state index contributed by atoms with van der Waals surface area (Å²) in [7, 11) is 0. The molecule has 0 heterocycles. The standard InChI is InChI=1S/2C7H8O.2C3H6O.Zr/c2*8-6-7-4-2-1-3-5-7;2*1-2-3-4;/h2*1-5,8H,6H2;2*2,4H,1,3H2;. The van der Waals surface area contributed by atoms with Gasteiger partial charge in [0, 0.05) is 26.2 Å². The molecule has 0 radical (unpaired) electrons. The normalized spacial score (nSPS) is 7.84. The molecule has 0 aliphatic rings. The van der Waals surface area contributed by atoms with Crippen LogP contribution in [-0.4, -0.2) is 33.6 Å². The van der Waals surface area contributed by atoms with Crippen molar-refractivity contribution in [2.45, 2.75) is 13.2 Å². The van der Waals surface area contributed by atoms with Gasteiger partial charge < -0.3 is 20.4 Å². The molecule has 0 saturated heterocycles. The molecular formula is C20H28O4Zr. The third-order valence-corrected chi connectivity index (χ3v) is 2.31. The van der Waals surface area contributed by atoms with Crippen LogP contribution in [0.2, 0.25) is 0 Å². The number of benzene rings is 2. The molecule has 0 fully saturated rings. The van der Waals surface area contributed by atoms with Crippen molar-refractivity contribution in [3.05, 3.63) is 97.1 Å². The Morgan fingerprint density at radius 1 is 0.600 bits per heavy atom. The van der Waals surface area contributed by atoms with Crippen molar-refractivity contribution in [1.29, 1.82) is 0 Å². The molecule has 0 aliphatic carbocycles. The second-order valence-electron chi connectivity index (χ2n) is 4.23. The maximum absolute atomic E-state index is 8.54. The molecule has 0 unspecified atom stereocenters. The average molecular weight is 424 g/mol. The summed E-state index contributed by atoms with van der Waals surface area (Å²) in [6.45, 7) is 6.90. The number of aliphatic hydroxyl groups excluding tert-OH is 4. The zero-order valence-electron chi connectivity index (χ0n) is 14.5. The third kappa shape index (κ3) is 22.6. The fourth-order valence-corrected chi connectivity index (χ4v) is 1.17. The van der Waals surface area contributed by atoms with Gasteiger partial charge in [-0.3, -0.25) is 0 Å². The number of rotatable bonds is 4. The number of hydrogen-bond acceptors (Lipinski definition) is 4. The van der Waals surface area contributed by atoms with E-state index in [9.17, 15) is 0 Å². The van der Waals surface area contributed by atoms with E-state index >= 15 is 0 Å². The van der Waals surface area contributed by atoms with E-state index < -0.39 is 0 Å². The number of hydrogen-bond donors (Lipinski definition) is 4. The average Bonchev–Trinajstić information content (AvgIpc) is 2.70. The van der Waals surface area contributed by atoms with Crippen molar-refractivity contribution in [2.75, 3.05) is 13.2 Å². The first-order valence-corrected chi connectivity index (χ1v) is 7.43. The quantitative estimate of drug-likeness (QED) is 0.570. The van der Waals surface area contributed by atoms with Gasteiger partial charge in [0.15, 0.2) is 0 Å². The van der Waals surface area contributed by atoms with Gasteiger partial charge >= 0.3 is 0 Å². The molecule has 5 heteroatoms. The summed E-state index contributed by atoms with van der Waals surface area (Å²) < 4.78 is 0. The predicted molar refractivity (Wildman–Crippen MR) is 99.3 cm³/mol. The largest absolute Gasteiger partial charge is 0.392 e. The van der Waals surface area contributed by atoms with Crippen LogP contribution in [0.1, 0.15) is 11.1 Å². The minimum Gasteiger partial charge on any atom is -0.392 e. The van der Waals surface area contributed by atoms with E-state index in [4.69, 9.17) is 20.4 Å². The van der Waals surface area contributed by atoms with Crippen LogP contribution in [0.25, 0.3) is 0 Å². The van der Waals surface area contributed by atoms with Gasteiger partial charge in [-0.25, -0.2) is 0 Å². The van der Waals surface area contributed by atoms with Crippen LogP contribution >= 0.6 is 0 Å². The van der Waals surface area contributed by atoms with Gasteiger partial charge in [-0.1, -0.05) is 72.8 Å². The maximum atomic E-state index is 8.54. The van der Waals surface area contributed by atoms with Crippen molar-refractivity contribution < 1.29 is 46.6 Å². The van der Waals surface area contributed by atoms with Gasteiger partial charge in [-0.2, -0.15) is 0 Å². The summed E-state index contributed by atoms with van der Waals surface area (Å²) in [6.07, 6.45) is 2.86. The minimum atomic E-state index is 0. The predicted octanol–water partition coefficient (Wildman–Crippen LogP) is 2.68. The molecular weight excluding hydrogens is 395 g/mol. The Morgan fingerprint density at radius 3 is 0.960 bits per heavy atom. The van der Waals surface area contributed by atoms with Crippen molar-refractivity contribution in [3.63, 3.8) is 0 Å². The topological polar surface area (TPSA) is 80.9 Å². The van der Waals surface area contributed by atoms with Gasteiger partial charge in [0.05, 0.1) is 26.4 Å². The zero-order chi connectivity index (χ0) is 18.5. The van der Waals surface area contributed by atoms with Gasteiger partial charge in [0.1, 0.15) is 0 Å². The molecule has 0 atom stereocenters. The fraction of sp³-hybridized carbons (Fsp3) is 0.200. The molecule has 25 heavy (non-hydrogen) atoms. The smallest absolute Gasteiger partial charge is 0.0681 e. The van der Waals surface area contributed by atoms with E-state index in [0.29, 0.717) is 0 Å². The van der Waals surface area contributed by atoms with E-state index in [1.165, 1.54) is 12.2 Å². The Hall–Kier alpha value is -1.36. The van der Waals surface area contributed by atoms with E-state index in [1.807, 2.05) is 60.7 Å². The molecule has 2 aromatic carbocycles. The molecule has 4 N–H and O–H groups in total. The molecule has 0 spiro atoms. The van der Waals surface area contributed by atoms with E-state index in [0.717, 1.165) is 11.1 Å². The van der Waals surface area contributed by atoms with Gasteiger partial charge in [-0.05, 0) is 11.1 Å². The second kappa shape index (κ2) is 24.9. The van der Waals surface area contributed by atoms with Crippen LogP contribution in [0.3, 0.4) is 0 Å². The minimum absolute atomic E-state index is 0. The first kappa shape index (κ1) is 28.4. The van der Waals surface area contributed by atoms with Crippen LogP contribution in [0, 0.1) is 0 Å². The SMILES string of the molecule is C=CCO.C=CCO.OCc1ccccc1.OCc1ccccc1.[Zr]. The zero-order valence-corrected chi connectivity index (χ0v) is 16.9. The molecule has 136 valence electrons. The van der Waals surface area contributed by atoms with Crippen LogP contribution < -0.4 is 0 Å². The monoisotopic (exact) mass is 422 g/mol. The second-order valence-corrected chi connectivity index (χ2v) is 4.23. The van der Waals surface area contributed by atoms with Crippen molar-refractivity contribution in [1.82, 2.24) is 0 Å². The maximum Gasteiger partial charge on any atom is 0.0681 e. The molecule has 2 rings (SSSR count). The Bertz CT molecular complexity index is 442. The summed E-state index contributed by atoms with van der Waals surface area (Å²) >= 11 is 0. The summed E-state index contributed by atoms with van der Waals surface area (Å²) in [5.41, 5.74) is 1.93. The van der Waals surface area contributed by atoms with E-state index in [2.05, 4.69) is 13.2 Å². The van der Waals surface area contributed by atoms with Crippen LogP contribution in [0.4, 0.5) is 0 Å². The Balaban J connectivity index is -0.000000270. The third-order valence-electron chi connectivity index (χ3n) is 2.31. The van der Waals surface area contributed by atoms with Crippen LogP contribution in [0.5, 0.6) is 0 Å². The van der Waals surface area contributed by atoms with Crippen LogP contribution in [0.15, 0.2) is 86.0 Å². The van der Waals surface area contributed by atoms with Crippen molar-refractivity contribution in [3.8, 4) is 0 Å². The fourth-order valence-electron chi connectivity index (χ4n) is 1.17. The van der Waals surface area contributed by atoms with E-state index in [1.54, 1.807) is 0 Å².